The normalized spacial score (nSPS) is 15.1. The van der Waals surface area contributed by atoms with Crippen LogP contribution in [-0.2, 0) is 6.54 Å². The van der Waals surface area contributed by atoms with Crippen LogP contribution in [0, 0.1) is 0 Å². The van der Waals surface area contributed by atoms with Gasteiger partial charge in [0.05, 0.1) is 6.33 Å². The Morgan fingerprint density at radius 2 is 2.04 bits per heavy atom. The summed E-state index contributed by atoms with van der Waals surface area (Å²) in [6, 6.07) is 0.501. The third-order valence-electron chi connectivity index (χ3n) is 4.82. The summed E-state index contributed by atoms with van der Waals surface area (Å²) in [4.78, 5) is 28.6. The summed E-state index contributed by atoms with van der Waals surface area (Å²) in [7, 11) is 3.78. The molecule has 24 heavy (non-hydrogen) atoms. The number of fused-ring (bicyclic) bond motifs is 1. The van der Waals surface area contributed by atoms with Gasteiger partial charge in [0.1, 0.15) is 11.8 Å². The van der Waals surface area contributed by atoms with E-state index in [1.54, 1.807) is 11.2 Å². The first-order valence-electron chi connectivity index (χ1n) is 8.47. The van der Waals surface area contributed by atoms with Gasteiger partial charge in [-0.05, 0) is 19.3 Å². The van der Waals surface area contributed by atoms with Gasteiger partial charge in [-0.25, -0.2) is 19.7 Å². The van der Waals surface area contributed by atoms with Gasteiger partial charge in [0.15, 0.2) is 11.5 Å². The van der Waals surface area contributed by atoms with Crippen molar-refractivity contribution in [3.8, 4) is 0 Å². The first-order valence-corrected chi connectivity index (χ1v) is 8.47. The molecule has 1 aliphatic rings. The van der Waals surface area contributed by atoms with Crippen LogP contribution >= 0.6 is 0 Å². The highest BCUT2D eigenvalue weighted by atomic mass is 16.2. The third-order valence-corrected chi connectivity index (χ3v) is 4.82. The Balaban J connectivity index is 1.53. The van der Waals surface area contributed by atoms with Crippen molar-refractivity contribution in [2.24, 2.45) is 0 Å². The van der Waals surface area contributed by atoms with Crippen molar-refractivity contribution < 1.29 is 4.79 Å². The molecule has 2 amide bonds. The molecule has 2 aromatic heterocycles. The number of rotatable bonds is 5. The lowest BCUT2D eigenvalue weighted by atomic mass is 10.2. The minimum absolute atomic E-state index is 0.101. The van der Waals surface area contributed by atoms with Crippen LogP contribution in [0.1, 0.15) is 32.1 Å². The molecule has 0 aromatic carbocycles. The number of nitrogen functional groups attached to an aromatic ring is 1. The van der Waals surface area contributed by atoms with E-state index in [1.807, 2.05) is 23.6 Å². The number of nitrogens with two attached hydrogens (primary N) is 1. The average Bonchev–Trinajstić information content (AvgIpc) is 3.24. The summed E-state index contributed by atoms with van der Waals surface area (Å²) in [6.45, 7) is 1.42. The van der Waals surface area contributed by atoms with E-state index in [9.17, 15) is 4.79 Å². The standard InChI is InChI=1S/C16H25N7O/c1-21(16(24)22(2)12-6-3-4-7-12)8-5-9-23-11-20-13-14(17)18-10-19-15(13)23/h10-12H,3-9H2,1-2H3,(H2,17,18,19). The number of urea groups is 1. The average molecular weight is 331 g/mol. The molecule has 2 aromatic rings. The number of amides is 2. The monoisotopic (exact) mass is 331 g/mol. The number of carbonyl (C=O) groups excluding carboxylic acids is 1. The lowest BCUT2D eigenvalue weighted by Gasteiger charge is -2.29. The van der Waals surface area contributed by atoms with Crippen LogP contribution in [0.4, 0.5) is 10.6 Å². The Hall–Kier alpha value is -2.38. The van der Waals surface area contributed by atoms with Crippen LogP contribution in [0.3, 0.4) is 0 Å². The summed E-state index contributed by atoms with van der Waals surface area (Å²) in [5.41, 5.74) is 7.16. The maximum Gasteiger partial charge on any atom is 0.319 e. The third kappa shape index (κ3) is 3.27. The zero-order chi connectivity index (χ0) is 17.1. The fourth-order valence-corrected chi connectivity index (χ4v) is 3.35. The van der Waals surface area contributed by atoms with Gasteiger partial charge in [0, 0.05) is 33.2 Å². The molecule has 3 rings (SSSR count). The van der Waals surface area contributed by atoms with Crippen molar-refractivity contribution in [2.75, 3.05) is 26.4 Å². The molecule has 130 valence electrons. The van der Waals surface area contributed by atoms with Crippen molar-refractivity contribution in [3.05, 3.63) is 12.7 Å². The van der Waals surface area contributed by atoms with Gasteiger partial charge >= 0.3 is 6.03 Å². The van der Waals surface area contributed by atoms with E-state index < -0.39 is 0 Å². The topological polar surface area (TPSA) is 93.2 Å². The molecule has 8 heteroatoms. The number of hydrogen-bond acceptors (Lipinski definition) is 5. The number of hydrogen-bond donors (Lipinski definition) is 1. The number of imidazole rings is 1. The second-order valence-electron chi connectivity index (χ2n) is 6.48. The lowest BCUT2D eigenvalue weighted by molar-refractivity contribution is 0.155. The zero-order valence-corrected chi connectivity index (χ0v) is 14.4. The van der Waals surface area contributed by atoms with Gasteiger partial charge in [-0.3, -0.25) is 0 Å². The Bertz CT molecular complexity index is 708. The van der Waals surface area contributed by atoms with Gasteiger partial charge < -0.3 is 20.1 Å². The van der Waals surface area contributed by atoms with E-state index in [0.29, 0.717) is 23.9 Å². The highest BCUT2D eigenvalue weighted by Gasteiger charge is 2.25. The Kier molecular flexibility index (Phi) is 4.82. The Labute approximate surface area is 141 Å². The molecule has 0 unspecified atom stereocenters. The van der Waals surface area contributed by atoms with Crippen LogP contribution in [0.15, 0.2) is 12.7 Å². The minimum Gasteiger partial charge on any atom is -0.382 e. The first-order chi connectivity index (χ1) is 11.6. The SMILES string of the molecule is CN(CCCn1cnc2c(N)ncnc21)C(=O)N(C)C1CCCC1. The lowest BCUT2D eigenvalue weighted by Crippen LogP contribution is -2.43. The Morgan fingerprint density at radius 1 is 1.29 bits per heavy atom. The van der Waals surface area contributed by atoms with E-state index in [4.69, 9.17) is 5.73 Å². The van der Waals surface area contributed by atoms with Gasteiger partial charge in [-0.15, -0.1) is 0 Å². The maximum atomic E-state index is 12.5. The van der Waals surface area contributed by atoms with E-state index in [-0.39, 0.29) is 6.03 Å². The maximum absolute atomic E-state index is 12.5. The zero-order valence-electron chi connectivity index (χ0n) is 14.4. The minimum atomic E-state index is 0.101. The molecule has 0 bridgehead atoms. The molecule has 0 saturated heterocycles. The summed E-state index contributed by atoms with van der Waals surface area (Å²) < 4.78 is 1.95. The van der Waals surface area contributed by atoms with Crippen LogP contribution in [0.25, 0.3) is 11.2 Å². The van der Waals surface area contributed by atoms with Gasteiger partial charge in [-0.2, -0.15) is 0 Å². The van der Waals surface area contributed by atoms with Crippen LogP contribution in [-0.4, -0.2) is 62.0 Å². The van der Waals surface area contributed by atoms with E-state index in [2.05, 4.69) is 15.0 Å². The molecule has 2 heterocycles. The van der Waals surface area contributed by atoms with Crippen LogP contribution in [0.2, 0.25) is 0 Å². The second kappa shape index (κ2) is 7.02. The largest absolute Gasteiger partial charge is 0.382 e. The van der Waals surface area contributed by atoms with Crippen molar-refractivity contribution in [2.45, 2.75) is 44.7 Å². The van der Waals surface area contributed by atoms with E-state index in [0.717, 1.165) is 31.5 Å². The highest BCUT2D eigenvalue weighted by molar-refractivity contribution is 5.81. The molecule has 8 nitrogen and oxygen atoms in total. The van der Waals surface area contributed by atoms with Gasteiger partial charge in [0.2, 0.25) is 0 Å². The van der Waals surface area contributed by atoms with Crippen LogP contribution < -0.4 is 5.73 Å². The fourth-order valence-electron chi connectivity index (χ4n) is 3.35. The smallest absolute Gasteiger partial charge is 0.319 e. The molecule has 1 fully saturated rings. The van der Waals surface area contributed by atoms with E-state index in [1.165, 1.54) is 19.2 Å². The van der Waals surface area contributed by atoms with E-state index >= 15 is 0 Å². The Morgan fingerprint density at radius 3 is 2.79 bits per heavy atom. The molecule has 0 aliphatic heterocycles. The summed E-state index contributed by atoms with van der Waals surface area (Å²) in [6.07, 6.45) is 8.70. The summed E-state index contributed by atoms with van der Waals surface area (Å²) in [5, 5.41) is 0. The fraction of sp³-hybridized carbons (Fsp3) is 0.625. The van der Waals surface area contributed by atoms with Crippen LogP contribution in [0.5, 0.6) is 0 Å². The van der Waals surface area contributed by atoms with Gasteiger partial charge in [0.25, 0.3) is 0 Å². The van der Waals surface area contributed by atoms with Crippen molar-refractivity contribution >= 4 is 23.0 Å². The number of nitrogens with zero attached hydrogens (tertiary/aromatic N) is 6. The molecule has 0 atom stereocenters. The highest BCUT2D eigenvalue weighted by Crippen LogP contribution is 2.23. The molecule has 2 N–H and O–H groups in total. The van der Waals surface area contributed by atoms with Crippen molar-refractivity contribution in [1.29, 1.82) is 0 Å². The van der Waals surface area contributed by atoms with Gasteiger partial charge in [-0.1, -0.05) is 12.8 Å². The van der Waals surface area contributed by atoms with Crippen molar-refractivity contribution in [3.63, 3.8) is 0 Å². The molecular formula is C16H25N7O. The molecule has 1 saturated carbocycles. The summed E-state index contributed by atoms with van der Waals surface area (Å²) >= 11 is 0. The molecule has 1 aliphatic carbocycles. The predicted octanol–water partition coefficient (Wildman–Crippen LogP) is 1.72. The molecular weight excluding hydrogens is 306 g/mol. The first kappa shape index (κ1) is 16.5. The number of anilines is 1. The number of aromatic nitrogens is 4. The number of aryl methyl sites for hydroxylation is 1. The summed E-state index contributed by atoms with van der Waals surface area (Å²) in [5.74, 6) is 0.393. The van der Waals surface area contributed by atoms with Crippen molar-refractivity contribution in [1.82, 2.24) is 29.3 Å². The molecule has 0 radical (unpaired) electrons. The predicted molar refractivity (Wildman–Crippen MR) is 92.4 cm³/mol. The quantitative estimate of drug-likeness (QED) is 0.900. The second-order valence-corrected chi connectivity index (χ2v) is 6.48. The number of carbonyl (C=O) groups is 1. The molecule has 0 spiro atoms.